The normalized spacial score (nSPS) is 19.2. The quantitative estimate of drug-likeness (QED) is 0.812. The molecule has 1 fully saturated rings. The van der Waals surface area contributed by atoms with Gasteiger partial charge in [0.1, 0.15) is 11.6 Å². The number of nitrogens with zero attached hydrogens (tertiary/aromatic N) is 3. The Labute approximate surface area is 105 Å². The van der Waals surface area contributed by atoms with Crippen LogP contribution in [0.1, 0.15) is 24.4 Å². The van der Waals surface area contributed by atoms with Crippen molar-refractivity contribution in [1.29, 1.82) is 0 Å². The van der Waals surface area contributed by atoms with Crippen molar-refractivity contribution in [2.45, 2.75) is 18.9 Å². The van der Waals surface area contributed by atoms with Gasteiger partial charge in [-0.25, -0.2) is 9.37 Å². The molecule has 1 unspecified atom stereocenters. The zero-order valence-electron chi connectivity index (χ0n) is 9.96. The average molecular weight is 243 g/mol. The maximum Gasteiger partial charge on any atom is 0.141 e. The summed E-state index contributed by atoms with van der Waals surface area (Å²) < 4.78 is 12.9. The lowest BCUT2D eigenvalue weighted by molar-refractivity contribution is 0.619. The van der Waals surface area contributed by atoms with Gasteiger partial charge in [0.2, 0.25) is 0 Å². The molecule has 0 saturated carbocycles. The molecule has 1 saturated heterocycles. The van der Waals surface area contributed by atoms with E-state index in [4.69, 9.17) is 0 Å². The second-order valence-corrected chi connectivity index (χ2v) is 4.47. The van der Waals surface area contributed by atoms with E-state index in [1.807, 2.05) is 12.3 Å². The van der Waals surface area contributed by atoms with Crippen molar-refractivity contribution in [2.75, 3.05) is 11.4 Å². The molecule has 1 aliphatic rings. The number of hydrogen-bond acceptors (Lipinski definition) is 3. The van der Waals surface area contributed by atoms with Crippen LogP contribution in [-0.2, 0) is 0 Å². The Morgan fingerprint density at radius 3 is 2.89 bits per heavy atom. The summed E-state index contributed by atoms with van der Waals surface area (Å²) in [5.74, 6) is 0.540. The molecular weight excluding hydrogens is 229 g/mol. The molecule has 2 aromatic rings. The van der Waals surface area contributed by atoms with Gasteiger partial charge in [0.05, 0.1) is 12.2 Å². The van der Waals surface area contributed by atoms with Crippen LogP contribution in [0, 0.1) is 5.82 Å². The van der Waals surface area contributed by atoms with E-state index in [0.717, 1.165) is 25.2 Å². The van der Waals surface area contributed by atoms with Crippen molar-refractivity contribution in [2.24, 2.45) is 0 Å². The predicted molar refractivity (Wildman–Crippen MR) is 67.8 cm³/mol. The molecular formula is C14H14FN3. The third-order valence-electron chi connectivity index (χ3n) is 3.33. The number of aromatic nitrogens is 2. The molecule has 2 aromatic heterocycles. The molecule has 3 heterocycles. The molecule has 0 aliphatic carbocycles. The molecule has 0 bridgehead atoms. The molecule has 0 radical (unpaired) electrons. The average Bonchev–Trinajstić information content (AvgIpc) is 2.90. The van der Waals surface area contributed by atoms with Gasteiger partial charge >= 0.3 is 0 Å². The maximum absolute atomic E-state index is 12.9. The van der Waals surface area contributed by atoms with E-state index in [2.05, 4.69) is 20.9 Å². The van der Waals surface area contributed by atoms with Gasteiger partial charge in [-0.2, -0.15) is 0 Å². The molecule has 18 heavy (non-hydrogen) atoms. The van der Waals surface area contributed by atoms with Crippen molar-refractivity contribution in [3.05, 3.63) is 54.2 Å². The first-order valence-corrected chi connectivity index (χ1v) is 6.13. The van der Waals surface area contributed by atoms with Crippen molar-refractivity contribution in [3.8, 4) is 0 Å². The zero-order chi connectivity index (χ0) is 12.4. The number of anilines is 1. The fourth-order valence-corrected chi connectivity index (χ4v) is 2.50. The highest BCUT2D eigenvalue weighted by atomic mass is 19.1. The Morgan fingerprint density at radius 1 is 1.22 bits per heavy atom. The van der Waals surface area contributed by atoms with Gasteiger partial charge in [0, 0.05) is 18.9 Å². The minimum Gasteiger partial charge on any atom is -0.350 e. The zero-order valence-corrected chi connectivity index (χ0v) is 9.96. The molecule has 0 amide bonds. The highest BCUT2D eigenvalue weighted by Crippen LogP contribution is 2.34. The summed E-state index contributed by atoms with van der Waals surface area (Å²) in [5.41, 5.74) is 1.20. The van der Waals surface area contributed by atoms with E-state index in [1.54, 1.807) is 12.3 Å². The summed E-state index contributed by atoms with van der Waals surface area (Å²) in [7, 11) is 0. The van der Waals surface area contributed by atoms with Gasteiger partial charge in [-0.05, 0) is 36.6 Å². The standard InChI is InChI=1S/C14H14FN3/c15-12-5-6-14(17-10-12)18-8-2-4-13(18)11-3-1-7-16-9-11/h1,3,5-7,9-10,13H,2,4,8H2. The number of pyridine rings is 2. The minimum absolute atomic E-state index is 0.295. The second-order valence-electron chi connectivity index (χ2n) is 4.47. The van der Waals surface area contributed by atoms with Crippen molar-refractivity contribution in [1.82, 2.24) is 9.97 Å². The highest BCUT2D eigenvalue weighted by molar-refractivity contribution is 5.43. The Kier molecular flexibility index (Phi) is 2.92. The van der Waals surface area contributed by atoms with Crippen LogP contribution in [0.15, 0.2) is 42.9 Å². The molecule has 3 rings (SSSR count). The van der Waals surface area contributed by atoms with E-state index >= 15 is 0 Å². The molecule has 0 aromatic carbocycles. The van der Waals surface area contributed by atoms with E-state index in [0.29, 0.717) is 6.04 Å². The van der Waals surface area contributed by atoms with Gasteiger partial charge < -0.3 is 4.90 Å². The lowest BCUT2D eigenvalue weighted by Gasteiger charge is -2.25. The summed E-state index contributed by atoms with van der Waals surface area (Å²) in [4.78, 5) is 10.5. The molecule has 1 aliphatic heterocycles. The monoisotopic (exact) mass is 243 g/mol. The van der Waals surface area contributed by atoms with Gasteiger partial charge in [-0.1, -0.05) is 6.07 Å². The van der Waals surface area contributed by atoms with E-state index in [1.165, 1.54) is 17.8 Å². The van der Waals surface area contributed by atoms with Gasteiger partial charge in [-0.3, -0.25) is 4.98 Å². The van der Waals surface area contributed by atoms with Crippen LogP contribution >= 0.6 is 0 Å². The van der Waals surface area contributed by atoms with Gasteiger partial charge in [-0.15, -0.1) is 0 Å². The molecule has 3 nitrogen and oxygen atoms in total. The Balaban J connectivity index is 1.90. The SMILES string of the molecule is Fc1ccc(N2CCCC2c2cccnc2)nc1. The van der Waals surface area contributed by atoms with Crippen molar-refractivity contribution in [3.63, 3.8) is 0 Å². The first-order valence-electron chi connectivity index (χ1n) is 6.13. The summed E-state index contributed by atoms with van der Waals surface area (Å²) in [5, 5.41) is 0. The summed E-state index contributed by atoms with van der Waals surface area (Å²) in [6.07, 6.45) is 7.16. The fourth-order valence-electron chi connectivity index (χ4n) is 2.50. The molecule has 92 valence electrons. The summed E-state index contributed by atoms with van der Waals surface area (Å²) in [6, 6.07) is 7.53. The third-order valence-corrected chi connectivity index (χ3v) is 3.33. The van der Waals surface area contributed by atoms with Crippen LogP contribution < -0.4 is 4.90 Å². The first-order chi connectivity index (χ1) is 8.84. The van der Waals surface area contributed by atoms with E-state index < -0.39 is 0 Å². The third kappa shape index (κ3) is 2.06. The number of halogens is 1. The Hall–Kier alpha value is -1.97. The summed E-state index contributed by atoms with van der Waals surface area (Å²) in [6.45, 7) is 0.957. The molecule has 0 N–H and O–H groups in total. The molecule has 1 atom stereocenters. The number of hydrogen-bond donors (Lipinski definition) is 0. The fraction of sp³-hybridized carbons (Fsp3) is 0.286. The van der Waals surface area contributed by atoms with Crippen LogP contribution in [0.25, 0.3) is 0 Å². The maximum atomic E-state index is 12.9. The van der Waals surface area contributed by atoms with E-state index in [-0.39, 0.29) is 5.82 Å². The largest absolute Gasteiger partial charge is 0.350 e. The first kappa shape index (κ1) is 11.1. The molecule has 0 spiro atoms. The van der Waals surface area contributed by atoms with Crippen molar-refractivity contribution < 1.29 is 4.39 Å². The lowest BCUT2D eigenvalue weighted by Crippen LogP contribution is -2.23. The van der Waals surface area contributed by atoms with Gasteiger partial charge in [0.15, 0.2) is 0 Å². The van der Waals surface area contributed by atoms with E-state index in [9.17, 15) is 4.39 Å². The minimum atomic E-state index is -0.295. The highest BCUT2D eigenvalue weighted by Gasteiger charge is 2.26. The Bertz CT molecular complexity index is 512. The topological polar surface area (TPSA) is 29.0 Å². The van der Waals surface area contributed by atoms with Crippen LogP contribution in [-0.4, -0.2) is 16.5 Å². The van der Waals surface area contributed by atoms with Gasteiger partial charge in [0.25, 0.3) is 0 Å². The second kappa shape index (κ2) is 4.72. The van der Waals surface area contributed by atoms with Crippen molar-refractivity contribution >= 4 is 5.82 Å². The van der Waals surface area contributed by atoms with Crippen LogP contribution in [0.4, 0.5) is 10.2 Å². The smallest absolute Gasteiger partial charge is 0.141 e. The van der Waals surface area contributed by atoms with Crippen LogP contribution in [0.5, 0.6) is 0 Å². The molecule has 4 heteroatoms. The predicted octanol–water partition coefficient (Wildman–Crippen LogP) is 2.96. The van der Waals surface area contributed by atoms with Crippen LogP contribution in [0.3, 0.4) is 0 Å². The summed E-state index contributed by atoms with van der Waals surface area (Å²) >= 11 is 0. The number of rotatable bonds is 2. The van der Waals surface area contributed by atoms with Crippen LogP contribution in [0.2, 0.25) is 0 Å². The lowest BCUT2D eigenvalue weighted by atomic mass is 10.1. The Morgan fingerprint density at radius 2 is 2.17 bits per heavy atom.